The van der Waals surface area contributed by atoms with Crippen LogP contribution in [0.2, 0.25) is 0 Å². The minimum atomic E-state index is -0.497. The second-order valence-electron chi connectivity index (χ2n) is 3.12. The van der Waals surface area contributed by atoms with E-state index in [2.05, 4.69) is 35.9 Å². The van der Waals surface area contributed by atoms with Gasteiger partial charge < -0.3 is 9.84 Å². The third-order valence-electron chi connectivity index (χ3n) is 2.01. The van der Waals surface area contributed by atoms with Crippen LogP contribution in [-0.4, -0.2) is 15.1 Å². The predicted octanol–water partition coefficient (Wildman–Crippen LogP) is 2.35. The maximum absolute atomic E-state index is 10.8. The van der Waals surface area contributed by atoms with E-state index in [1.165, 1.54) is 18.7 Å². The number of nitrogens with zero attached hydrogens (tertiary/aromatic N) is 3. The number of hydrogen-bond donors (Lipinski definition) is 1. The molecule has 2 aromatic rings. The molecule has 2 rings (SSSR count). The molecule has 0 saturated carbocycles. The maximum atomic E-state index is 10.8. The Kier molecular flexibility index (Phi) is 3.33. The number of hydrogen-bond acceptors (Lipinski definition) is 6. The molecule has 0 aliphatic heterocycles. The van der Waals surface area contributed by atoms with E-state index in [4.69, 9.17) is 0 Å². The van der Waals surface area contributed by atoms with Gasteiger partial charge in [0.25, 0.3) is 0 Å². The van der Waals surface area contributed by atoms with Gasteiger partial charge in [0, 0.05) is 12.3 Å². The van der Waals surface area contributed by atoms with Gasteiger partial charge in [0.05, 0.1) is 15.9 Å². The maximum Gasteiger partial charge on any atom is 0.311 e. The predicted molar refractivity (Wildman–Crippen MR) is 62.4 cm³/mol. The average molecular weight is 299 g/mol. The highest BCUT2D eigenvalue weighted by molar-refractivity contribution is 9.10. The molecule has 0 unspecified atom stereocenters. The van der Waals surface area contributed by atoms with Crippen LogP contribution < -0.4 is 5.32 Å². The minimum Gasteiger partial charge on any atom is -0.373 e. The van der Waals surface area contributed by atoms with Crippen molar-refractivity contribution in [3.63, 3.8) is 0 Å². The zero-order valence-electron chi connectivity index (χ0n) is 8.46. The van der Waals surface area contributed by atoms with Crippen molar-refractivity contribution in [1.29, 1.82) is 0 Å². The monoisotopic (exact) mass is 298 g/mol. The molecule has 0 aliphatic rings. The van der Waals surface area contributed by atoms with E-state index in [1.807, 2.05) is 0 Å². The van der Waals surface area contributed by atoms with Gasteiger partial charge in [-0.1, -0.05) is 5.16 Å². The summed E-state index contributed by atoms with van der Waals surface area (Å²) in [7, 11) is 0. The Morgan fingerprint density at radius 1 is 1.53 bits per heavy atom. The van der Waals surface area contributed by atoms with Crippen molar-refractivity contribution in [1.82, 2.24) is 10.1 Å². The fourth-order valence-corrected chi connectivity index (χ4v) is 1.71. The van der Waals surface area contributed by atoms with E-state index in [0.29, 0.717) is 22.4 Å². The number of aromatic nitrogens is 2. The van der Waals surface area contributed by atoms with Crippen LogP contribution in [-0.2, 0) is 6.54 Å². The second-order valence-corrected chi connectivity index (χ2v) is 3.97. The fraction of sp³-hybridized carbons (Fsp3) is 0.111. The number of halogens is 1. The first kappa shape index (κ1) is 11.5. The Bertz CT molecular complexity index is 529. The first-order chi connectivity index (χ1) is 8.18. The molecular formula is C9H7BrN4O3. The normalized spacial score (nSPS) is 10.2. The lowest BCUT2D eigenvalue weighted by Gasteiger charge is -2.06. The highest BCUT2D eigenvalue weighted by atomic mass is 79.9. The molecular weight excluding hydrogens is 292 g/mol. The molecule has 0 amide bonds. The Hall–Kier alpha value is -1.96. The van der Waals surface area contributed by atoms with Crippen molar-refractivity contribution < 1.29 is 9.45 Å². The van der Waals surface area contributed by atoms with Crippen LogP contribution in [0.25, 0.3) is 0 Å². The molecule has 7 nitrogen and oxygen atoms in total. The van der Waals surface area contributed by atoms with Gasteiger partial charge in [0.2, 0.25) is 0 Å². The minimum absolute atomic E-state index is 0.0946. The summed E-state index contributed by atoms with van der Waals surface area (Å²) in [4.78, 5) is 14.1. The second kappa shape index (κ2) is 4.91. The molecule has 0 bridgehead atoms. The highest BCUT2D eigenvalue weighted by Gasteiger charge is 2.17. The van der Waals surface area contributed by atoms with Gasteiger partial charge in [0.1, 0.15) is 23.8 Å². The van der Waals surface area contributed by atoms with Crippen LogP contribution in [0.15, 0.2) is 33.7 Å². The van der Waals surface area contributed by atoms with Gasteiger partial charge in [-0.2, -0.15) is 0 Å². The van der Waals surface area contributed by atoms with Gasteiger partial charge in [0.15, 0.2) is 0 Å². The van der Waals surface area contributed by atoms with Crippen LogP contribution in [0.3, 0.4) is 0 Å². The van der Waals surface area contributed by atoms with E-state index >= 15 is 0 Å². The van der Waals surface area contributed by atoms with Crippen LogP contribution >= 0.6 is 15.9 Å². The summed E-state index contributed by atoms with van der Waals surface area (Å²) >= 11 is 3.21. The van der Waals surface area contributed by atoms with Crippen LogP contribution in [0.4, 0.5) is 11.4 Å². The zero-order chi connectivity index (χ0) is 12.3. The molecule has 88 valence electrons. The quantitative estimate of drug-likeness (QED) is 0.688. The van der Waals surface area contributed by atoms with Gasteiger partial charge in [-0.15, -0.1) is 0 Å². The first-order valence-corrected chi connectivity index (χ1v) is 5.39. The molecule has 0 saturated heterocycles. The SMILES string of the molecule is O=[N+]([O-])c1cncc(Br)c1NCc1ccon1. The fourth-order valence-electron chi connectivity index (χ4n) is 1.25. The van der Waals surface area contributed by atoms with Gasteiger partial charge in [-0.05, 0) is 15.9 Å². The lowest BCUT2D eigenvalue weighted by atomic mass is 10.3. The summed E-state index contributed by atoms with van der Waals surface area (Å²) in [6, 6.07) is 1.67. The molecule has 0 aliphatic carbocycles. The summed E-state index contributed by atoms with van der Waals surface area (Å²) < 4.78 is 5.19. The molecule has 0 aromatic carbocycles. The van der Waals surface area contributed by atoms with Crippen molar-refractivity contribution in [2.75, 3.05) is 5.32 Å². The standard InChI is InChI=1S/C9H7BrN4O3/c10-7-4-11-5-8(14(15)16)9(7)12-3-6-1-2-17-13-6/h1-2,4-5H,3H2,(H,11,12). The summed E-state index contributed by atoms with van der Waals surface area (Å²) in [6.45, 7) is 0.333. The van der Waals surface area contributed by atoms with Gasteiger partial charge >= 0.3 is 5.69 Å². The lowest BCUT2D eigenvalue weighted by Crippen LogP contribution is -2.04. The number of pyridine rings is 1. The summed E-state index contributed by atoms with van der Waals surface area (Å²) in [6.07, 6.45) is 4.11. The topological polar surface area (TPSA) is 94.1 Å². The van der Waals surface area contributed by atoms with Crippen molar-refractivity contribution >= 4 is 27.3 Å². The van der Waals surface area contributed by atoms with Crippen molar-refractivity contribution in [3.8, 4) is 0 Å². The molecule has 0 atom stereocenters. The molecule has 2 aromatic heterocycles. The number of anilines is 1. The van der Waals surface area contributed by atoms with E-state index in [9.17, 15) is 10.1 Å². The Balaban J connectivity index is 2.22. The van der Waals surface area contributed by atoms with E-state index in [-0.39, 0.29) is 5.69 Å². The summed E-state index contributed by atoms with van der Waals surface area (Å²) in [5.74, 6) is 0. The third-order valence-corrected chi connectivity index (χ3v) is 2.62. The number of nitro groups is 1. The van der Waals surface area contributed by atoms with E-state index in [1.54, 1.807) is 6.07 Å². The third kappa shape index (κ3) is 2.59. The first-order valence-electron chi connectivity index (χ1n) is 4.59. The van der Waals surface area contributed by atoms with E-state index in [0.717, 1.165) is 0 Å². The number of nitrogens with one attached hydrogen (secondary N) is 1. The summed E-state index contributed by atoms with van der Waals surface area (Å²) in [5.41, 5.74) is 0.930. The molecule has 0 radical (unpaired) electrons. The van der Waals surface area contributed by atoms with Crippen molar-refractivity contribution in [3.05, 3.63) is 45.0 Å². The van der Waals surface area contributed by atoms with E-state index < -0.39 is 4.92 Å². The van der Waals surface area contributed by atoms with Crippen LogP contribution in [0.1, 0.15) is 5.69 Å². The molecule has 0 fully saturated rings. The summed E-state index contributed by atoms with van der Waals surface area (Å²) in [5, 5.41) is 17.4. The van der Waals surface area contributed by atoms with Crippen LogP contribution in [0, 0.1) is 10.1 Å². The average Bonchev–Trinajstić information content (AvgIpc) is 2.80. The largest absolute Gasteiger partial charge is 0.373 e. The molecule has 8 heteroatoms. The Labute approximate surface area is 104 Å². The van der Waals surface area contributed by atoms with Crippen molar-refractivity contribution in [2.45, 2.75) is 6.54 Å². The van der Waals surface area contributed by atoms with Gasteiger partial charge in [-0.3, -0.25) is 15.1 Å². The van der Waals surface area contributed by atoms with Gasteiger partial charge in [-0.25, -0.2) is 0 Å². The smallest absolute Gasteiger partial charge is 0.311 e. The number of rotatable bonds is 4. The molecule has 1 N–H and O–H groups in total. The zero-order valence-corrected chi connectivity index (χ0v) is 10.0. The van der Waals surface area contributed by atoms with Crippen LogP contribution in [0.5, 0.6) is 0 Å². The molecule has 17 heavy (non-hydrogen) atoms. The Morgan fingerprint density at radius 2 is 2.35 bits per heavy atom. The highest BCUT2D eigenvalue weighted by Crippen LogP contribution is 2.31. The molecule has 0 spiro atoms. The Morgan fingerprint density at radius 3 is 3.00 bits per heavy atom. The lowest BCUT2D eigenvalue weighted by molar-refractivity contribution is -0.384. The van der Waals surface area contributed by atoms with Crippen molar-refractivity contribution in [2.24, 2.45) is 0 Å². The molecule has 2 heterocycles.